The Hall–Kier alpha value is -1.09. The Morgan fingerprint density at radius 3 is 2.61 bits per heavy atom. The van der Waals surface area contributed by atoms with Crippen LogP contribution in [0.15, 0.2) is 18.2 Å². The number of benzene rings is 1. The lowest BCUT2D eigenvalue weighted by Gasteiger charge is -2.42. The lowest BCUT2D eigenvalue weighted by Crippen LogP contribution is -2.65. The fourth-order valence-corrected chi connectivity index (χ4v) is 2.72. The highest BCUT2D eigenvalue weighted by atomic mass is 35.5. The van der Waals surface area contributed by atoms with E-state index in [4.69, 9.17) is 32.7 Å². The van der Waals surface area contributed by atoms with Gasteiger partial charge in [0, 0.05) is 11.9 Å². The van der Waals surface area contributed by atoms with E-state index in [-0.39, 0.29) is 10.8 Å². The quantitative estimate of drug-likeness (QED) is 0.611. The molecule has 2 rings (SSSR count). The maximum atomic E-state index is 11.3. The van der Waals surface area contributed by atoms with E-state index in [1.807, 2.05) is 0 Å². The van der Waals surface area contributed by atoms with Crippen molar-refractivity contribution in [3.05, 3.63) is 28.2 Å². The molecule has 0 radical (unpaired) electrons. The van der Waals surface area contributed by atoms with E-state index in [2.05, 4.69) is 5.32 Å². The van der Waals surface area contributed by atoms with Crippen LogP contribution in [0.25, 0.3) is 0 Å². The molecule has 1 fully saturated rings. The van der Waals surface area contributed by atoms with Gasteiger partial charge >= 0.3 is 0 Å². The van der Waals surface area contributed by atoms with Gasteiger partial charge in [-0.3, -0.25) is 4.79 Å². The predicted molar refractivity (Wildman–Crippen MR) is 82.5 cm³/mol. The average Bonchev–Trinajstić information content (AvgIpc) is 2.48. The topological polar surface area (TPSA) is 108 Å². The molecule has 23 heavy (non-hydrogen) atoms. The van der Waals surface area contributed by atoms with Crippen molar-refractivity contribution in [2.45, 2.75) is 37.6 Å². The lowest BCUT2D eigenvalue weighted by molar-refractivity contribution is -0.244. The molecule has 0 spiro atoms. The first-order chi connectivity index (χ1) is 10.8. The zero-order valence-electron chi connectivity index (χ0n) is 12.1. The minimum Gasteiger partial charge on any atom is -0.461 e. The normalized spacial score (nSPS) is 30.8. The molecule has 1 heterocycles. The van der Waals surface area contributed by atoms with Crippen LogP contribution in [0, 0.1) is 0 Å². The Bertz CT molecular complexity index is 572. The molecule has 1 aliphatic rings. The van der Waals surface area contributed by atoms with Gasteiger partial charge in [0.15, 0.2) is 0 Å². The summed E-state index contributed by atoms with van der Waals surface area (Å²) in [4.78, 5) is 11.3. The molecule has 1 aliphatic heterocycles. The number of nitrogens with one attached hydrogen (secondary N) is 1. The molecular formula is C14H17Cl2NO6. The number of ether oxygens (including phenoxy) is 2. The first-order valence-corrected chi connectivity index (χ1v) is 7.60. The second-order valence-corrected chi connectivity index (χ2v) is 5.97. The standard InChI is InChI=1S/C14H17Cl2NO6/c1-6(19)17-11-13(21)12(20)10(5-18)23-14(11)22-9-3-2-7(15)4-8(9)16/h2-4,10-14,18,20-21H,5H2,1H3,(H,17,19)/t10-,11+,12-,13+,14-/m1/s1. The highest BCUT2D eigenvalue weighted by molar-refractivity contribution is 6.35. The van der Waals surface area contributed by atoms with Crippen molar-refractivity contribution in [3.63, 3.8) is 0 Å². The van der Waals surface area contributed by atoms with Crippen molar-refractivity contribution in [1.82, 2.24) is 5.32 Å². The Labute approximate surface area is 142 Å². The number of hydrogen-bond donors (Lipinski definition) is 4. The molecule has 1 amide bonds. The van der Waals surface area contributed by atoms with Crippen LogP contribution in [0.3, 0.4) is 0 Å². The van der Waals surface area contributed by atoms with Gasteiger partial charge in [-0.2, -0.15) is 0 Å². The molecule has 0 saturated carbocycles. The van der Waals surface area contributed by atoms with Crippen LogP contribution in [0.4, 0.5) is 0 Å². The number of carbonyl (C=O) groups excluding carboxylic acids is 1. The number of hydrogen-bond acceptors (Lipinski definition) is 6. The van der Waals surface area contributed by atoms with Crippen LogP contribution in [-0.4, -0.2) is 58.5 Å². The van der Waals surface area contributed by atoms with Crippen molar-refractivity contribution in [2.24, 2.45) is 0 Å². The summed E-state index contributed by atoms with van der Waals surface area (Å²) < 4.78 is 11.0. The van der Waals surface area contributed by atoms with E-state index in [9.17, 15) is 20.1 Å². The smallest absolute Gasteiger partial charge is 0.223 e. The van der Waals surface area contributed by atoms with E-state index in [0.717, 1.165) is 0 Å². The van der Waals surface area contributed by atoms with E-state index < -0.39 is 43.2 Å². The van der Waals surface area contributed by atoms with E-state index in [1.165, 1.54) is 19.1 Å². The highest BCUT2D eigenvalue weighted by Crippen LogP contribution is 2.31. The highest BCUT2D eigenvalue weighted by Gasteiger charge is 2.46. The summed E-state index contributed by atoms with van der Waals surface area (Å²) in [6.07, 6.45) is -4.99. The van der Waals surface area contributed by atoms with Gasteiger partial charge < -0.3 is 30.1 Å². The summed E-state index contributed by atoms with van der Waals surface area (Å²) in [5.41, 5.74) is 0. The summed E-state index contributed by atoms with van der Waals surface area (Å²) in [5.74, 6) is -0.222. The molecule has 1 aromatic rings. The monoisotopic (exact) mass is 365 g/mol. The number of aliphatic hydroxyl groups is 3. The van der Waals surface area contributed by atoms with Gasteiger partial charge in [-0.25, -0.2) is 0 Å². The van der Waals surface area contributed by atoms with Gasteiger partial charge in [0.1, 0.15) is 30.1 Å². The molecule has 0 aliphatic carbocycles. The van der Waals surface area contributed by atoms with Crippen LogP contribution in [0.2, 0.25) is 10.0 Å². The zero-order valence-corrected chi connectivity index (χ0v) is 13.7. The number of amides is 1. The molecular weight excluding hydrogens is 349 g/mol. The number of halogens is 2. The van der Waals surface area contributed by atoms with Crippen LogP contribution >= 0.6 is 23.2 Å². The van der Waals surface area contributed by atoms with Gasteiger partial charge in [-0.05, 0) is 18.2 Å². The van der Waals surface area contributed by atoms with E-state index in [1.54, 1.807) is 6.07 Å². The molecule has 0 unspecified atom stereocenters. The zero-order chi connectivity index (χ0) is 17.1. The number of carbonyl (C=O) groups is 1. The van der Waals surface area contributed by atoms with E-state index >= 15 is 0 Å². The van der Waals surface area contributed by atoms with Crippen molar-refractivity contribution in [1.29, 1.82) is 0 Å². The van der Waals surface area contributed by atoms with Gasteiger partial charge in [-0.1, -0.05) is 23.2 Å². The summed E-state index contributed by atoms with van der Waals surface area (Å²) in [6.45, 7) is 0.725. The Balaban J connectivity index is 2.25. The SMILES string of the molecule is CC(=O)N[C@@H]1[C@H](Oc2ccc(Cl)cc2Cl)O[C@H](CO)[C@@H](O)[C@H]1O. The second-order valence-electron chi connectivity index (χ2n) is 5.13. The molecule has 5 atom stereocenters. The van der Waals surface area contributed by atoms with Crippen LogP contribution in [0.1, 0.15) is 6.92 Å². The van der Waals surface area contributed by atoms with Crippen molar-refractivity contribution in [2.75, 3.05) is 6.61 Å². The average molecular weight is 366 g/mol. The summed E-state index contributed by atoms with van der Waals surface area (Å²) in [6, 6.07) is 3.47. The fourth-order valence-electron chi connectivity index (χ4n) is 2.27. The second kappa shape index (κ2) is 7.65. The van der Waals surface area contributed by atoms with E-state index in [0.29, 0.717) is 5.02 Å². The first-order valence-electron chi connectivity index (χ1n) is 6.84. The van der Waals surface area contributed by atoms with Crippen molar-refractivity contribution in [3.8, 4) is 5.75 Å². The molecule has 1 saturated heterocycles. The van der Waals surface area contributed by atoms with Crippen LogP contribution < -0.4 is 10.1 Å². The third-order valence-electron chi connectivity index (χ3n) is 3.39. The number of rotatable bonds is 4. The van der Waals surface area contributed by atoms with Crippen LogP contribution in [0.5, 0.6) is 5.75 Å². The molecule has 128 valence electrons. The molecule has 0 aromatic heterocycles. The third-order valence-corrected chi connectivity index (χ3v) is 3.92. The van der Waals surface area contributed by atoms with Gasteiger partial charge in [0.2, 0.25) is 12.2 Å². The van der Waals surface area contributed by atoms with Crippen molar-refractivity contribution >= 4 is 29.1 Å². The molecule has 9 heteroatoms. The summed E-state index contributed by atoms with van der Waals surface area (Å²) in [7, 11) is 0. The molecule has 7 nitrogen and oxygen atoms in total. The fraction of sp³-hybridized carbons (Fsp3) is 0.500. The summed E-state index contributed by atoms with van der Waals surface area (Å²) >= 11 is 11.8. The minimum atomic E-state index is -1.39. The Kier molecular flexibility index (Phi) is 6.07. The van der Waals surface area contributed by atoms with Gasteiger partial charge in [0.05, 0.1) is 11.6 Å². The maximum absolute atomic E-state index is 11.3. The largest absolute Gasteiger partial charge is 0.461 e. The Morgan fingerprint density at radius 1 is 1.35 bits per heavy atom. The number of aliphatic hydroxyl groups excluding tert-OH is 3. The summed E-state index contributed by atoms with van der Waals surface area (Å²) in [5, 5.41) is 32.4. The predicted octanol–water partition coefficient (Wildman–Crippen LogP) is 0.316. The maximum Gasteiger partial charge on any atom is 0.223 e. The van der Waals surface area contributed by atoms with Crippen LogP contribution in [-0.2, 0) is 9.53 Å². The minimum absolute atomic E-state index is 0.212. The lowest BCUT2D eigenvalue weighted by atomic mass is 9.97. The molecule has 1 aromatic carbocycles. The van der Waals surface area contributed by atoms with Crippen molar-refractivity contribution < 1.29 is 29.6 Å². The molecule has 4 N–H and O–H groups in total. The first kappa shape index (κ1) is 18.3. The van der Waals surface area contributed by atoms with Gasteiger partial charge in [-0.15, -0.1) is 0 Å². The Morgan fingerprint density at radius 2 is 2.04 bits per heavy atom. The third kappa shape index (κ3) is 4.26. The molecule has 0 bridgehead atoms. The van der Waals surface area contributed by atoms with Gasteiger partial charge in [0.25, 0.3) is 0 Å².